The lowest BCUT2D eigenvalue weighted by atomic mass is 10.2. The Balaban J connectivity index is 2.66. The van der Waals surface area contributed by atoms with E-state index in [-0.39, 0.29) is 24.9 Å². The van der Waals surface area contributed by atoms with Gasteiger partial charge in [0.2, 0.25) is 5.91 Å². The van der Waals surface area contributed by atoms with E-state index in [1.54, 1.807) is 12.1 Å². The molecule has 0 spiro atoms. The second kappa shape index (κ2) is 6.78. The van der Waals surface area contributed by atoms with Crippen LogP contribution in [0.15, 0.2) is 22.6 Å². The monoisotopic (exact) mass is 265 g/mol. The summed E-state index contributed by atoms with van der Waals surface area (Å²) in [5, 5.41) is 8.67. The van der Waals surface area contributed by atoms with Crippen LogP contribution in [0.1, 0.15) is 31.8 Å². The minimum Gasteiger partial charge on any atom is -0.481 e. The first-order valence-corrected chi connectivity index (χ1v) is 6.17. The third-order valence-electron chi connectivity index (χ3n) is 2.62. The Bertz CT molecular complexity index is 474. The fraction of sp³-hybridized carbons (Fsp3) is 0.429. The molecule has 1 aromatic rings. The summed E-state index contributed by atoms with van der Waals surface area (Å²) in [6.07, 6.45) is 2.93. The normalized spacial score (nSPS) is 11.2. The van der Waals surface area contributed by atoms with Crippen LogP contribution in [0.3, 0.4) is 0 Å². The molecular formula is C14H19NO4. The van der Waals surface area contributed by atoms with Crippen molar-refractivity contribution in [1.29, 1.82) is 0 Å². The van der Waals surface area contributed by atoms with Crippen molar-refractivity contribution >= 4 is 18.0 Å². The van der Waals surface area contributed by atoms with Gasteiger partial charge in [-0.05, 0) is 39.0 Å². The Hall–Kier alpha value is -2.04. The van der Waals surface area contributed by atoms with E-state index in [9.17, 15) is 9.59 Å². The molecule has 5 nitrogen and oxygen atoms in total. The van der Waals surface area contributed by atoms with Crippen LogP contribution < -0.4 is 0 Å². The lowest BCUT2D eigenvalue weighted by Gasteiger charge is -2.24. The topological polar surface area (TPSA) is 70.8 Å². The van der Waals surface area contributed by atoms with Gasteiger partial charge in [0.05, 0.1) is 6.42 Å². The van der Waals surface area contributed by atoms with Crippen molar-refractivity contribution in [2.75, 3.05) is 6.54 Å². The fourth-order valence-corrected chi connectivity index (χ4v) is 1.63. The van der Waals surface area contributed by atoms with E-state index in [2.05, 4.69) is 0 Å². The molecule has 0 aliphatic heterocycles. The van der Waals surface area contributed by atoms with Gasteiger partial charge < -0.3 is 14.4 Å². The molecule has 104 valence electrons. The average Bonchev–Trinajstić information content (AvgIpc) is 2.72. The predicted octanol–water partition coefficient (Wildman–Crippen LogP) is 2.31. The number of hydrogen-bond donors (Lipinski definition) is 1. The van der Waals surface area contributed by atoms with Crippen molar-refractivity contribution in [2.24, 2.45) is 0 Å². The number of nitrogens with zero attached hydrogens (tertiary/aromatic N) is 1. The number of carboxylic acids is 1. The number of aryl methyl sites for hydroxylation is 1. The fourth-order valence-electron chi connectivity index (χ4n) is 1.63. The highest BCUT2D eigenvalue weighted by Gasteiger charge is 2.15. The Labute approximate surface area is 112 Å². The van der Waals surface area contributed by atoms with Crippen LogP contribution in [-0.4, -0.2) is 34.5 Å². The number of carbonyl (C=O) groups excluding carboxylic acids is 1. The van der Waals surface area contributed by atoms with Gasteiger partial charge in [0.15, 0.2) is 0 Å². The van der Waals surface area contributed by atoms with Gasteiger partial charge in [-0.3, -0.25) is 9.59 Å². The molecule has 19 heavy (non-hydrogen) atoms. The molecular weight excluding hydrogens is 246 g/mol. The van der Waals surface area contributed by atoms with Gasteiger partial charge in [-0.2, -0.15) is 0 Å². The first-order chi connectivity index (χ1) is 8.90. The Morgan fingerprint density at radius 3 is 2.58 bits per heavy atom. The number of rotatable bonds is 6. The molecule has 1 amide bonds. The zero-order chi connectivity index (χ0) is 14.4. The van der Waals surface area contributed by atoms with Crippen molar-refractivity contribution in [3.63, 3.8) is 0 Å². The van der Waals surface area contributed by atoms with E-state index in [1.807, 2.05) is 26.8 Å². The van der Waals surface area contributed by atoms with E-state index < -0.39 is 5.97 Å². The molecule has 0 aliphatic rings. The molecule has 0 atom stereocenters. The van der Waals surface area contributed by atoms with Crippen LogP contribution in [0.2, 0.25) is 0 Å². The molecule has 0 saturated carbocycles. The van der Waals surface area contributed by atoms with Gasteiger partial charge in [0.1, 0.15) is 11.5 Å². The number of furan rings is 1. The van der Waals surface area contributed by atoms with Gasteiger partial charge in [-0.25, -0.2) is 0 Å². The molecule has 0 radical (unpaired) electrons. The SMILES string of the molecule is Cc1ccc(/C=C/C(=O)N(CCC(=O)O)C(C)C)o1. The number of carboxylic acid groups (broad SMARTS) is 1. The Kier molecular flexibility index (Phi) is 5.36. The van der Waals surface area contributed by atoms with E-state index in [0.29, 0.717) is 5.76 Å². The molecule has 1 aromatic heterocycles. The summed E-state index contributed by atoms with van der Waals surface area (Å²) < 4.78 is 5.32. The van der Waals surface area contributed by atoms with E-state index in [4.69, 9.17) is 9.52 Å². The summed E-state index contributed by atoms with van der Waals surface area (Å²) in [4.78, 5) is 24.1. The van der Waals surface area contributed by atoms with Crippen molar-refractivity contribution < 1.29 is 19.1 Å². The predicted molar refractivity (Wildman–Crippen MR) is 71.6 cm³/mol. The number of carbonyl (C=O) groups is 2. The van der Waals surface area contributed by atoms with E-state index >= 15 is 0 Å². The lowest BCUT2D eigenvalue weighted by molar-refractivity contribution is -0.138. The maximum atomic E-state index is 12.0. The quantitative estimate of drug-likeness (QED) is 0.801. The maximum absolute atomic E-state index is 12.0. The summed E-state index contributed by atoms with van der Waals surface area (Å²) in [7, 11) is 0. The van der Waals surface area contributed by atoms with Crippen LogP contribution >= 0.6 is 0 Å². The summed E-state index contributed by atoms with van der Waals surface area (Å²) >= 11 is 0. The van der Waals surface area contributed by atoms with Gasteiger partial charge in [-0.1, -0.05) is 0 Å². The highest BCUT2D eigenvalue weighted by Crippen LogP contribution is 2.09. The van der Waals surface area contributed by atoms with Crippen molar-refractivity contribution in [2.45, 2.75) is 33.2 Å². The highest BCUT2D eigenvalue weighted by molar-refractivity contribution is 5.91. The number of amides is 1. The minimum absolute atomic E-state index is 0.0464. The van der Waals surface area contributed by atoms with Gasteiger partial charge in [0.25, 0.3) is 0 Å². The Morgan fingerprint density at radius 1 is 1.42 bits per heavy atom. The average molecular weight is 265 g/mol. The highest BCUT2D eigenvalue weighted by atomic mass is 16.4. The van der Waals surface area contributed by atoms with Crippen LogP contribution in [0.25, 0.3) is 6.08 Å². The number of aliphatic carboxylic acids is 1. The molecule has 1 rings (SSSR count). The van der Waals surface area contributed by atoms with Crippen molar-refractivity contribution in [3.8, 4) is 0 Å². The third kappa shape index (κ3) is 4.99. The molecule has 1 N–H and O–H groups in total. The zero-order valence-electron chi connectivity index (χ0n) is 11.4. The van der Waals surface area contributed by atoms with Crippen molar-refractivity contribution in [3.05, 3.63) is 29.7 Å². The molecule has 0 bridgehead atoms. The van der Waals surface area contributed by atoms with Crippen molar-refractivity contribution in [1.82, 2.24) is 4.90 Å². The molecule has 0 aliphatic carbocycles. The number of hydrogen-bond acceptors (Lipinski definition) is 3. The second-order valence-corrected chi connectivity index (χ2v) is 4.55. The molecule has 0 fully saturated rings. The molecule has 5 heteroatoms. The first kappa shape index (κ1) is 15.0. The first-order valence-electron chi connectivity index (χ1n) is 6.17. The molecule has 0 saturated heterocycles. The van der Waals surface area contributed by atoms with Crippen LogP contribution in [0, 0.1) is 6.92 Å². The minimum atomic E-state index is -0.913. The molecule has 1 heterocycles. The van der Waals surface area contributed by atoms with Gasteiger partial charge >= 0.3 is 5.97 Å². The Morgan fingerprint density at radius 2 is 2.11 bits per heavy atom. The molecule has 0 aromatic carbocycles. The van der Waals surface area contributed by atoms with Crippen LogP contribution in [0.5, 0.6) is 0 Å². The smallest absolute Gasteiger partial charge is 0.305 e. The zero-order valence-corrected chi connectivity index (χ0v) is 11.4. The summed E-state index contributed by atoms with van der Waals surface area (Å²) in [6, 6.07) is 3.54. The third-order valence-corrected chi connectivity index (χ3v) is 2.62. The molecule has 0 unspecified atom stereocenters. The van der Waals surface area contributed by atoms with Crippen LogP contribution in [0.4, 0.5) is 0 Å². The second-order valence-electron chi connectivity index (χ2n) is 4.55. The van der Waals surface area contributed by atoms with Gasteiger partial charge in [0, 0.05) is 18.7 Å². The summed E-state index contributed by atoms with van der Waals surface area (Å²) in [5.41, 5.74) is 0. The van der Waals surface area contributed by atoms with E-state index in [1.165, 1.54) is 11.0 Å². The van der Waals surface area contributed by atoms with Gasteiger partial charge in [-0.15, -0.1) is 0 Å². The maximum Gasteiger partial charge on any atom is 0.305 e. The van der Waals surface area contributed by atoms with E-state index in [0.717, 1.165) is 5.76 Å². The standard InChI is InChI=1S/C14H19NO4/c1-10(2)15(9-8-14(17)18)13(16)7-6-12-5-4-11(3)19-12/h4-7,10H,8-9H2,1-3H3,(H,17,18)/b7-6+. The summed E-state index contributed by atoms with van der Waals surface area (Å²) in [6.45, 7) is 5.73. The van der Waals surface area contributed by atoms with Crippen LogP contribution in [-0.2, 0) is 9.59 Å². The largest absolute Gasteiger partial charge is 0.481 e. The summed E-state index contributed by atoms with van der Waals surface area (Å²) in [5.74, 6) is 0.251. The lowest BCUT2D eigenvalue weighted by Crippen LogP contribution is -2.37.